The lowest BCUT2D eigenvalue weighted by atomic mass is 10.1. The number of piperidine rings is 1. The Balaban J connectivity index is 1.45. The molecule has 28 heavy (non-hydrogen) atoms. The summed E-state index contributed by atoms with van der Waals surface area (Å²) >= 11 is 0. The van der Waals surface area contributed by atoms with Gasteiger partial charge in [-0.1, -0.05) is 30.3 Å². The van der Waals surface area contributed by atoms with Crippen molar-refractivity contribution in [2.45, 2.75) is 31.9 Å². The fourth-order valence-electron chi connectivity index (χ4n) is 3.16. The van der Waals surface area contributed by atoms with Crippen molar-refractivity contribution in [1.29, 1.82) is 0 Å². The van der Waals surface area contributed by atoms with Crippen molar-refractivity contribution in [2.75, 3.05) is 18.0 Å². The second-order valence-corrected chi connectivity index (χ2v) is 6.77. The maximum absolute atomic E-state index is 13.6. The Labute approximate surface area is 163 Å². The topological polar surface area (TPSA) is 81.7 Å². The van der Waals surface area contributed by atoms with E-state index in [1.807, 2.05) is 24.3 Å². The minimum Gasteiger partial charge on any atom is -0.386 e. The van der Waals surface area contributed by atoms with Crippen LogP contribution in [-0.4, -0.2) is 30.1 Å². The fourth-order valence-corrected chi connectivity index (χ4v) is 3.16. The van der Waals surface area contributed by atoms with Crippen LogP contribution in [-0.2, 0) is 11.3 Å². The molecule has 3 rings (SSSR count). The molecule has 1 fully saturated rings. The van der Waals surface area contributed by atoms with Gasteiger partial charge in [0.15, 0.2) is 0 Å². The first kappa shape index (κ1) is 19.8. The SMILES string of the molecule is O=C(NCc1ccc(N2CCCCC2=O)cc1)NCC(O)c1ccccc1F. The maximum Gasteiger partial charge on any atom is 0.315 e. The van der Waals surface area contributed by atoms with Gasteiger partial charge < -0.3 is 20.6 Å². The van der Waals surface area contributed by atoms with Crippen LogP contribution in [0.3, 0.4) is 0 Å². The Bertz CT molecular complexity index is 826. The van der Waals surface area contributed by atoms with E-state index in [1.54, 1.807) is 11.0 Å². The fraction of sp³-hybridized carbons (Fsp3) is 0.333. The van der Waals surface area contributed by atoms with Crippen molar-refractivity contribution < 1.29 is 19.1 Å². The summed E-state index contributed by atoms with van der Waals surface area (Å²) in [6.45, 7) is 0.946. The first-order chi connectivity index (χ1) is 13.5. The van der Waals surface area contributed by atoms with Crippen LogP contribution in [0.15, 0.2) is 48.5 Å². The number of hydrogen-bond donors (Lipinski definition) is 3. The van der Waals surface area contributed by atoms with Crippen LogP contribution in [0.2, 0.25) is 0 Å². The third kappa shape index (κ3) is 5.07. The number of hydrogen-bond acceptors (Lipinski definition) is 3. The van der Waals surface area contributed by atoms with Crippen LogP contribution in [0.4, 0.5) is 14.9 Å². The quantitative estimate of drug-likeness (QED) is 0.715. The second kappa shape index (κ2) is 9.32. The summed E-state index contributed by atoms with van der Waals surface area (Å²) in [4.78, 5) is 25.7. The number of carbonyl (C=O) groups excluding carboxylic acids is 2. The molecule has 0 bridgehead atoms. The van der Waals surface area contributed by atoms with Gasteiger partial charge in [-0.25, -0.2) is 9.18 Å². The molecule has 148 valence electrons. The summed E-state index contributed by atoms with van der Waals surface area (Å²) in [7, 11) is 0. The van der Waals surface area contributed by atoms with Gasteiger partial charge in [-0.2, -0.15) is 0 Å². The molecule has 0 radical (unpaired) electrons. The summed E-state index contributed by atoms with van der Waals surface area (Å²) in [6, 6.07) is 12.9. The molecule has 1 saturated heterocycles. The molecule has 6 nitrogen and oxygen atoms in total. The summed E-state index contributed by atoms with van der Waals surface area (Å²) in [5.74, 6) is -0.366. The number of urea groups is 1. The molecule has 3 amide bonds. The van der Waals surface area contributed by atoms with Gasteiger partial charge in [-0.05, 0) is 36.6 Å². The lowest BCUT2D eigenvalue weighted by Gasteiger charge is -2.26. The highest BCUT2D eigenvalue weighted by molar-refractivity contribution is 5.93. The van der Waals surface area contributed by atoms with Crippen molar-refractivity contribution in [1.82, 2.24) is 10.6 Å². The van der Waals surface area contributed by atoms with Gasteiger partial charge in [0, 0.05) is 37.3 Å². The lowest BCUT2D eigenvalue weighted by Crippen LogP contribution is -2.37. The largest absolute Gasteiger partial charge is 0.386 e. The van der Waals surface area contributed by atoms with Crippen molar-refractivity contribution >= 4 is 17.6 Å². The van der Waals surface area contributed by atoms with Gasteiger partial charge in [-0.15, -0.1) is 0 Å². The molecular weight excluding hydrogens is 361 g/mol. The van der Waals surface area contributed by atoms with E-state index in [2.05, 4.69) is 10.6 Å². The molecule has 1 heterocycles. The van der Waals surface area contributed by atoms with Gasteiger partial charge in [0.1, 0.15) is 5.82 Å². The Morgan fingerprint density at radius 1 is 1.11 bits per heavy atom. The summed E-state index contributed by atoms with van der Waals surface area (Å²) in [5, 5.41) is 15.2. The highest BCUT2D eigenvalue weighted by Gasteiger charge is 2.19. The van der Waals surface area contributed by atoms with Crippen LogP contribution < -0.4 is 15.5 Å². The van der Waals surface area contributed by atoms with E-state index in [4.69, 9.17) is 0 Å². The molecule has 0 aliphatic carbocycles. The van der Waals surface area contributed by atoms with Crippen molar-refractivity contribution in [3.05, 3.63) is 65.5 Å². The number of carbonyl (C=O) groups is 2. The number of rotatable bonds is 6. The van der Waals surface area contributed by atoms with Crippen LogP contribution in [0.1, 0.15) is 36.5 Å². The monoisotopic (exact) mass is 385 g/mol. The number of nitrogens with zero attached hydrogens (tertiary/aromatic N) is 1. The van der Waals surface area contributed by atoms with E-state index in [9.17, 15) is 19.1 Å². The number of anilines is 1. The standard InChI is InChI=1S/C21H24FN3O3/c22-18-6-2-1-5-17(18)19(26)14-24-21(28)23-13-15-8-10-16(11-9-15)25-12-4-3-7-20(25)27/h1-2,5-6,8-11,19,26H,3-4,7,12-14H2,(H2,23,24,28). The van der Waals surface area contributed by atoms with Crippen molar-refractivity contribution in [3.8, 4) is 0 Å². The number of aliphatic hydroxyl groups excluding tert-OH is 1. The van der Waals surface area contributed by atoms with E-state index in [0.717, 1.165) is 30.6 Å². The molecule has 2 aromatic rings. The predicted octanol–water partition coefficient (Wildman–Crippen LogP) is 2.88. The maximum atomic E-state index is 13.6. The average Bonchev–Trinajstić information content (AvgIpc) is 2.71. The smallest absolute Gasteiger partial charge is 0.315 e. The molecule has 0 spiro atoms. The average molecular weight is 385 g/mol. The highest BCUT2D eigenvalue weighted by atomic mass is 19.1. The van der Waals surface area contributed by atoms with E-state index in [-0.39, 0.29) is 18.0 Å². The number of amides is 3. The molecule has 1 aliphatic rings. The summed E-state index contributed by atoms with van der Waals surface area (Å²) in [6.07, 6.45) is 1.42. The summed E-state index contributed by atoms with van der Waals surface area (Å²) < 4.78 is 13.6. The Hall–Kier alpha value is -2.93. The molecule has 1 unspecified atom stereocenters. The first-order valence-electron chi connectivity index (χ1n) is 9.38. The molecule has 7 heteroatoms. The molecule has 1 aliphatic heterocycles. The number of aliphatic hydroxyl groups is 1. The third-order valence-corrected chi connectivity index (χ3v) is 4.74. The third-order valence-electron chi connectivity index (χ3n) is 4.74. The van der Waals surface area contributed by atoms with Gasteiger partial charge in [-0.3, -0.25) is 4.79 Å². The second-order valence-electron chi connectivity index (χ2n) is 6.77. The van der Waals surface area contributed by atoms with E-state index in [0.29, 0.717) is 13.0 Å². The number of halogens is 1. The number of nitrogens with one attached hydrogen (secondary N) is 2. The minimum atomic E-state index is -1.12. The molecule has 0 aromatic heterocycles. The van der Waals surface area contributed by atoms with Crippen LogP contribution in [0.5, 0.6) is 0 Å². The van der Waals surface area contributed by atoms with Crippen LogP contribution in [0.25, 0.3) is 0 Å². The molecule has 2 aromatic carbocycles. The zero-order chi connectivity index (χ0) is 19.9. The highest BCUT2D eigenvalue weighted by Crippen LogP contribution is 2.21. The summed E-state index contributed by atoms with van der Waals surface area (Å²) in [5.41, 5.74) is 1.90. The predicted molar refractivity (Wildman–Crippen MR) is 104 cm³/mol. The van der Waals surface area contributed by atoms with E-state index < -0.39 is 18.0 Å². The first-order valence-corrected chi connectivity index (χ1v) is 9.38. The Morgan fingerprint density at radius 3 is 2.57 bits per heavy atom. The Kier molecular flexibility index (Phi) is 6.60. The molecule has 3 N–H and O–H groups in total. The zero-order valence-electron chi connectivity index (χ0n) is 15.5. The van der Waals surface area contributed by atoms with Crippen LogP contribution >= 0.6 is 0 Å². The molecule has 1 atom stereocenters. The molecular formula is C21H24FN3O3. The lowest BCUT2D eigenvalue weighted by molar-refractivity contribution is -0.119. The zero-order valence-corrected chi connectivity index (χ0v) is 15.5. The van der Waals surface area contributed by atoms with Gasteiger partial charge >= 0.3 is 6.03 Å². The van der Waals surface area contributed by atoms with E-state index >= 15 is 0 Å². The van der Waals surface area contributed by atoms with Crippen LogP contribution in [0, 0.1) is 5.82 Å². The Morgan fingerprint density at radius 2 is 1.86 bits per heavy atom. The van der Waals surface area contributed by atoms with E-state index in [1.165, 1.54) is 18.2 Å². The molecule has 0 saturated carbocycles. The van der Waals surface area contributed by atoms with Gasteiger partial charge in [0.2, 0.25) is 5.91 Å². The van der Waals surface area contributed by atoms with Crippen molar-refractivity contribution in [3.63, 3.8) is 0 Å². The minimum absolute atomic E-state index is 0.0945. The van der Waals surface area contributed by atoms with Crippen molar-refractivity contribution in [2.24, 2.45) is 0 Å². The van der Waals surface area contributed by atoms with Gasteiger partial charge in [0.05, 0.1) is 6.10 Å². The van der Waals surface area contributed by atoms with Gasteiger partial charge in [0.25, 0.3) is 0 Å². The number of benzene rings is 2. The normalized spacial score (nSPS) is 15.2.